The molecule has 0 aromatic carbocycles. The van der Waals surface area contributed by atoms with Crippen LogP contribution in [0, 0.1) is 0 Å². The Kier molecular flexibility index (Phi) is 8.27. The number of ether oxygens (including phenoxy) is 2. The average molecular weight is 412 g/mol. The predicted octanol–water partition coefficient (Wildman–Crippen LogP) is 4.72. The fourth-order valence-electron chi connectivity index (χ4n) is 3.58. The Bertz CT molecular complexity index is 502. The molecule has 0 aromatic heterocycles. The molecule has 0 N–H and O–H groups in total. The second-order valence-electron chi connectivity index (χ2n) is 7.17. The first-order valence-electron chi connectivity index (χ1n) is 9.47. The Morgan fingerprint density at radius 2 is 1.37 bits per heavy atom. The van der Waals surface area contributed by atoms with Crippen molar-refractivity contribution in [3.05, 3.63) is 0 Å². The van der Waals surface area contributed by atoms with Crippen LogP contribution in [0.1, 0.15) is 70.6 Å². The van der Waals surface area contributed by atoms with Crippen LogP contribution in [-0.2, 0) is 23.2 Å². The molecule has 0 aliphatic heterocycles. The van der Waals surface area contributed by atoms with E-state index >= 15 is 0 Å². The third-order valence-corrected chi connectivity index (χ3v) is 6.08. The molecule has 1 unspecified atom stereocenters. The number of hydrogen-bond donors (Lipinski definition) is 0. The highest BCUT2D eigenvalue weighted by molar-refractivity contribution is 7.97. The van der Waals surface area contributed by atoms with Crippen molar-refractivity contribution in [1.29, 1.82) is 0 Å². The summed E-state index contributed by atoms with van der Waals surface area (Å²) >= 11 is -0.0825. The topological polar surface area (TPSA) is 61.8 Å². The van der Waals surface area contributed by atoms with E-state index in [9.17, 15) is 22.8 Å². The largest absolute Gasteiger partial charge is 0.462 e. The molecular weight excluding hydrogens is 385 g/mol. The van der Waals surface area contributed by atoms with E-state index in [1.807, 2.05) is 0 Å². The van der Waals surface area contributed by atoms with Gasteiger partial charge in [0, 0.05) is 12.0 Å². The van der Waals surface area contributed by atoms with Gasteiger partial charge in [0.15, 0.2) is 0 Å². The standard InChI is InChI=1S/C18H27F3O5S/c1-24-27-17(18(19,20)21,16(23)26-14-10-6-3-7-11-14)12-15(22)25-13-8-4-2-5-9-13/h13-14H,2-12H2,1H3. The van der Waals surface area contributed by atoms with Crippen LogP contribution >= 0.6 is 12.0 Å². The minimum Gasteiger partial charge on any atom is -0.462 e. The van der Waals surface area contributed by atoms with E-state index in [0.29, 0.717) is 25.7 Å². The predicted molar refractivity (Wildman–Crippen MR) is 93.9 cm³/mol. The smallest absolute Gasteiger partial charge is 0.416 e. The van der Waals surface area contributed by atoms with E-state index in [-0.39, 0.29) is 18.1 Å². The van der Waals surface area contributed by atoms with Crippen LogP contribution in [0.2, 0.25) is 0 Å². The zero-order valence-corrected chi connectivity index (χ0v) is 16.3. The first-order chi connectivity index (χ1) is 12.8. The Balaban J connectivity index is 2.12. The Morgan fingerprint density at radius 3 is 1.81 bits per heavy atom. The SMILES string of the molecule is COSC(CC(=O)OC1CCCCC1)(C(=O)OC1CCCCC1)C(F)(F)F. The van der Waals surface area contributed by atoms with Crippen molar-refractivity contribution in [2.75, 3.05) is 7.11 Å². The minimum absolute atomic E-state index is 0.0825. The summed E-state index contributed by atoms with van der Waals surface area (Å²) in [6.45, 7) is 0. The van der Waals surface area contributed by atoms with Gasteiger partial charge >= 0.3 is 18.1 Å². The molecule has 2 aliphatic rings. The zero-order valence-electron chi connectivity index (χ0n) is 15.5. The third kappa shape index (κ3) is 6.01. The lowest BCUT2D eigenvalue weighted by molar-refractivity contribution is -0.198. The lowest BCUT2D eigenvalue weighted by Crippen LogP contribution is -2.53. The molecule has 0 heterocycles. The van der Waals surface area contributed by atoms with E-state index in [2.05, 4.69) is 4.18 Å². The number of hydrogen-bond acceptors (Lipinski definition) is 6. The first kappa shape index (κ1) is 22.3. The molecule has 1 atom stereocenters. The molecule has 2 aliphatic carbocycles. The molecule has 156 valence electrons. The van der Waals surface area contributed by atoms with Gasteiger partial charge in [0.2, 0.25) is 4.75 Å². The highest BCUT2D eigenvalue weighted by Crippen LogP contribution is 2.46. The lowest BCUT2D eigenvalue weighted by atomic mass is 9.97. The Hall–Kier alpha value is -0.960. The molecule has 2 saturated carbocycles. The van der Waals surface area contributed by atoms with Gasteiger partial charge in [0.05, 0.1) is 13.5 Å². The molecule has 0 radical (unpaired) electrons. The van der Waals surface area contributed by atoms with Gasteiger partial charge in [-0.15, -0.1) is 0 Å². The summed E-state index contributed by atoms with van der Waals surface area (Å²) in [7, 11) is 1.03. The van der Waals surface area contributed by atoms with Crippen LogP contribution < -0.4 is 0 Å². The van der Waals surface area contributed by atoms with Crippen molar-refractivity contribution in [2.45, 2.75) is 93.8 Å². The van der Waals surface area contributed by atoms with Crippen molar-refractivity contribution in [1.82, 2.24) is 0 Å². The maximum atomic E-state index is 13.9. The summed E-state index contributed by atoms with van der Waals surface area (Å²) in [5.74, 6) is -2.53. The number of carbonyl (C=O) groups excluding carboxylic acids is 2. The number of rotatable bonds is 7. The number of halogens is 3. The van der Waals surface area contributed by atoms with Crippen LogP contribution in [0.15, 0.2) is 0 Å². The maximum absolute atomic E-state index is 13.9. The zero-order chi connectivity index (χ0) is 19.9. The van der Waals surface area contributed by atoms with Gasteiger partial charge in [0.25, 0.3) is 0 Å². The number of alkyl halides is 3. The summed E-state index contributed by atoms with van der Waals surface area (Å²) in [4.78, 5) is 24.8. The van der Waals surface area contributed by atoms with Crippen LogP contribution in [0.25, 0.3) is 0 Å². The molecular formula is C18H27F3O5S. The van der Waals surface area contributed by atoms with Crippen LogP contribution in [0.4, 0.5) is 13.2 Å². The minimum atomic E-state index is -5.02. The number of carbonyl (C=O) groups is 2. The summed E-state index contributed by atoms with van der Waals surface area (Å²) in [6, 6.07) is 0. The Labute approximate surface area is 161 Å². The van der Waals surface area contributed by atoms with Crippen molar-refractivity contribution < 1.29 is 36.4 Å². The van der Waals surface area contributed by atoms with Crippen molar-refractivity contribution in [3.8, 4) is 0 Å². The fraction of sp³-hybridized carbons (Fsp3) is 0.889. The maximum Gasteiger partial charge on any atom is 0.416 e. The normalized spacial score (nSPS) is 22.1. The second-order valence-corrected chi connectivity index (χ2v) is 8.36. The molecule has 0 aromatic rings. The molecule has 9 heteroatoms. The summed E-state index contributed by atoms with van der Waals surface area (Å²) in [6.07, 6.45) is 0.554. The van der Waals surface area contributed by atoms with Gasteiger partial charge in [-0.1, -0.05) is 12.8 Å². The van der Waals surface area contributed by atoms with Gasteiger partial charge in [-0.25, -0.2) is 0 Å². The van der Waals surface area contributed by atoms with E-state index < -0.39 is 35.4 Å². The van der Waals surface area contributed by atoms with Crippen molar-refractivity contribution in [2.24, 2.45) is 0 Å². The van der Waals surface area contributed by atoms with E-state index in [1.54, 1.807) is 0 Å². The summed E-state index contributed by atoms with van der Waals surface area (Å²) in [5.41, 5.74) is 0. The van der Waals surface area contributed by atoms with E-state index in [0.717, 1.165) is 45.6 Å². The van der Waals surface area contributed by atoms with Gasteiger partial charge in [-0.3, -0.25) is 9.59 Å². The van der Waals surface area contributed by atoms with Crippen molar-refractivity contribution in [3.63, 3.8) is 0 Å². The monoisotopic (exact) mass is 412 g/mol. The molecule has 27 heavy (non-hydrogen) atoms. The fourth-order valence-corrected chi connectivity index (χ4v) is 4.26. The van der Waals surface area contributed by atoms with Crippen LogP contribution in [0.5, 0.6) is 0 Å². The van der Waals surface area contributed by atoms with Crippen molar-refractivity contribution >= 4 is 24.0 Å². The highest BCUT2D eigenvalue weighted by atomic mass is 32.2. The molecule has 0 amide bonds. The lowest BCUT2D eigenvalue weighted by Gasteiger charge is -2.33. The Morgan fingerprint density at radius 1 is 0.889 bits per heavy atom. The van der Waals surface area contributed by atoms with Gasteiger partial charge in [-0.05, 0) is 51.4 Å². The summed E-state index contributed by atoms with van der Waals surface area (Å²) < 4.78 is 53.6. The third-order valence-electron chi connectivity index (χ3n) is 5.08. The molecule has 2 fully saturated rings. The molecule has 0 bridgehead atoms. The van der Waals surface area contributed by atoms with Gasteiger partial charge in [0.1, 0.15) is 12.2 Å². The molecule has 0 spiro atoms. The summed E-state index contributed by atoms with van der Waals surface area (Å²) in [5, 5.41) is 0. The average Bonchev–Trinajstić information content (AvgIpc) is 2.62. The molecule has 0 saturated heterocycles. The first-order valence-corrected chi connectivity index (χ1v) is 10.2. The molecule has 5 nitrogen and oxygen atoms in total. The van der Waals surface area contributed by atoms with Crippen LogP contribution in [0.3, 0.4) is 0 Å². The van der Waals surface area contributed by atoms with Gasteiger partial charge < -0.3 is 13.7 Å². The quantitative estimate of drug-likeness (QED) is 0.445. The van der Waals surface area contributed by atoms with E-state index in [1.165, 1.54) is 0 Å². The highest BCUT2D eigenvalue weighted by Gasteiger charge is 2.65. The number of esters is 2. The van der Waals surface area contributed by atoms with Crippen LogP contribution in [-0.4, -0.2) is 42.2 Å². The van der Waals surface area contributed by atoms with E-state index in [4.69, 9.17) is 9.47 Å². The molecule has 2 rings (SSSR count). The van der Waals surface area contributed by atoms with Gasteiger partial charge in [-0.2, -0.15) is 13.2 Å². The second kappa shape index (κ2) is 10.0.